The number of amides is 1. The van der Waals surface area contributed by atoms with Crippen molar-refractivity contribution in [1.82, 2.24) is 5.06 Å². The molecule has 0 atom stereocenters. The van der Waals surface area contributed by atoms with E-state index in [1.807, 2.05) is 0 Å². The molecule has 0 radical (unpaired) electrons. The summed E-state index contributed by atoms with van der Waals surface area (Å²) < 4.78 is 33.9. The molecular weight excluding hydrogens is 306 g/mol. The second kappa shape index (κ2) is 6.59. The van der Waals surface area contributed by atoms with Gasteiger partial charge in [-0.15, -0.1) is 4.28 Å². The van der Waals surface area contributed by atoms with E-state index in [2.05, 4.69) is 0 Å². The van der Waals surface area contributed by atoms with Gasteiger partial charge in [0.2, 0.25) is 0 Å². The van der Waals surface area contributed by atoms with Gasteiger partial charge in [0, 0.05) is 12.6 Å². The third kappa shape index (κ3) is 3.63. The number of hydrogen-bond acceptors (Lipinski definition) is 5. The molecule has 6 nitrogen and oxygen atoms in total. The molecule has 116 valence electrons. The van der Waals surface area contributed by atoms with Crippen molar-refractivity contribution >= 4 is 16.0 Å². The van der Waals surface area contributed by atoms with Crippen LogP contribution >= 0.6 is 0 Å². The standard InChI is InChI=1S/C15H15NO5S/c1-16(15(17)12-8-10-13(20-2)11-9-12)21-22(18,19)14-6-4-3-5-7-14/h3-11H,1-2H3. The van der Waals surface area contributed by atoms with E-state index < -0.39 is 16.0 Å². The number of ether oxygens (including phenoxy) is 1. The van der Waals surface area contributed by atoms with Gasteiger partial charge in [0.05, 0.1) is 12.0 Å². The third-order valence-electron chi connectivity index (χ3n) is 2.86. The van der Waals surface area contributed by atoms with E-state index in [1.165, 1.54) is 38.4 Å². The van der Waals surface area contributed by atoms with Crippen molar-refractivity contribution in [2.75, 3.05) is 14.2 Å². The Balaban J connectivity index is 2.14. The fourth-order valence-electron chi connectivity index (χ4n) is 1.73. The second-order valence-electron chi connectivity index (χ2n) is 4.37. The zero-order chi connectivity index (χ0) is 16.2. The van der Waals surface area contributed by atoms with Gasteiger partial charge in [-0.1, -0.05) is 18.2 Å². The number of carbonyl (C=O) groups excluding carboxylic acids is 1. The van der Waals surface area contributed by atoms with Crippen molar-refractivity contribution in [3.05, 3.63) is 60.2 Å². The van der Waals surface area contributed by atoms with Crippen LogP contribution in [-0.4, -0.2) is 33.5 Å². The lowest BCUT2D eigenvalue weighted by Gasteiger charge is -2.16. The van der Waals surface area contributed by atoms with Crippen LogP contribution in [0.1, 0.15) is 10.4 Å². The fourth-order valence-corrected chi connectivity index (χ4v) is 2.67. The van der Waals surface area contributed by atoms with Crippen LogP contribution in [0, 0.1) is 0 Å². The maximum absolute atomic E-state index is 12.1. The molecule has 0 saturated carbocycles. The van der Waals surface area contributed by atoms with Crippen molar-refractivity contribution < 1.29 is 22.2 Å². The van der Waals surface area contributed by atoms with Crippen molar-refractivity contribution in [3.63, 3.8) is 0 Å². The summed E-state index contributed by atoms with van der Waals surface area (Å²) in [6.07, 6.45) is 0. The first kappa shape index (κ1) is 16.0. The van der Waals surface area contributed by atoms with Crippen LogP contribution in [-0.2, 0) is 14.4 Å². The van der Waals surface area contributed by atoms with E-state index >= 15 is 0 Å². The number of methoxy groups -OCH3 is 1. The minimum atomic E-state index is -4.04. The van der Waals surface area contributed by atoms with Crippen LogP contribution in [0.4, 0.5) is 0 Å². The van der Waals surface area contributed by atoms with Gasteiger partial charge in [-0.2, -0.15) is 8.42 Å². The van der Waals surface area contributed by atoms with Gasteiger partial charge in [0.15, 0.2) is 0 Å². The van der Waals surface area contributed by atoms with E-state index in [0.717, 1.165) is 0 Å². The van der Waals surface area contributed by atoms with Gasteiger partial charge >= 0.3 is 10.1 Å². The monoisotopic (exact) mass is 321 g/mol. The molecule has 0 aliphatic heterocycles. The fraction of sp³-hybridized carbons (Fsp3) is 0.133. The molecule has 2 rings (SSSR count). The predicted octanol–water partition coefficient (Wildman–Crippen LogP) is 2.09. The lowest BCUT2D eigenvalue weighted by molar-refractivity contribution is -0.00880. The Morgan fingerprint density at radius 3 is 2.14 bits per heavy atom. The summed E-state index contributed by atoms with van der Waals surface area (Å²) in [7, 11) is -1.29. The Hall–Kier alpha value is -2.38. The molecule has 0 heterocycles. The number of nitrogens with zero attached hydrogens (tertiary/aromatic N) is 1. The molecule has 0 bridgehead atoms. The summed E-state index contributed by atoms with van der Waals surface area (Å²) >= 11 is 0. The smallest absolute Gasteiger partial charge is 0.317 e. The van der Waals surface area contributed by atoms with E-state index in [4.69, 9.17) is 9.02 Å². The average molecular weight is 321 g/mol. The van der Waals surface area contributed by atoms with Crippen LogP contribution in [0.25, 0.3) is 0 Å². The van der Waals surface area contributed by atoms with Gasteiger partial charge in [-0.05, 0) is 36.4 Å². The van der Waals surface area contributed by atoms with Crippen LogP contribution in [0.5, 0.6) is 5.75 Å². The van der Waals surface area contributed by atoms with Crippen molar-refractivity contribution in [2.45, 2.75) is 4.90 Å². The van der Waals surface area contributed by atoms with Gasteiger partial charge in [0.1, 0.15) is 5.75 Å². The third-order valence-corrected chi connectivity index (χ3v) is 4.13. The lowest BCUT2D eigenvalue weighted by atomic mass is 10.2. The average Bonchev–Trinajstić information content (AvgIpc) is 2.54. The maximum atomic E-state index is 12.1. The van der Waals surface area contributed by atoms with Gasteiger partial charge in [-0.25, -0.2) is 5.06 Å². The molecule has 2 aromatic carbocycles. The lowest BCUT2D eigenvalue weighted by Crippen LogP contribution is -2.30. The first-order valence-electron chi connectivity index (χ1n) is 6.36. The Morgan fingerprint density at radius 1 is 1.00 bits per heavy atom. The van der Waals surface area contributed by atoms with E-state index in [1.54, 1.807) is 30.3 Å². The Labute approximate surface area is 129 Å². The zero-order valence-corrected chi connectivity index (χ0v) is 12.9. The van der Waals surface area contributed by atoms with Crippen LogP contribution in [0.2, 0.25) is 0 Å². The maximum Gasteiger partial charge on any atom is 0.317 e. The first-order valence-corrected chi connectivity index (χ1v) is 7.76. The Morgan fingerprint density at radius 2 is 1.59 bits per heavy atom. The largest absolute Gasteiger partial charge is 0.497 e. The van der Waals surface area contributed by atoms with E-state index in [9.17, 15) is 13.2 Å². The number of hydroxylamine groups is 2. The first-order chi connectivity index (χ1) is 10.4. The SMILES string of the molecule is COc1ccc(C(=O)N(C)OS(=O)(=O)c2ccccc2)cc1. The highest BCUT2D eigenvalue weighted by atomic mass is 32.2. The summed E-state index contributed by atoms with van der Waals surface area (Å²) in [6, 6.07) is 13.9. The predicted molar refractivity (Wildman–Crippen MR) is 79.8 cm³/mol. The molecule has 0 aromatic heterocycles. The number of benzene rings is 2. The summed E-state index contributed by atoms with van der Waals surface area (Å²) in [5.74, 6) is 0.0131. The van der Waals surface area contributed by atoms with Crippen molar-refractivity contribution in [2.24, 2.45) is 0 Å². The normalized spacial score (nSPS) is 11.0. The molecule has 0 aliphatic carbocycles. The van der Waals surface area contributed by atoms with Crippen LogP contribution < -0.4 is 4.74 Å². The molecule has 7 heteroatoms. The van der Waals surface area contributed by atoms with Crippen molar-refractivity contribution in [1.29, 1.82) is 0 Å². The number of rotatable bonds is 5. The van der Waals surface area contributed by atoms with Crippen LogP contribution in [0.3, 0.4) is 0 Å². The quantitative estimate of drug-likeness (QED) is 0.788. The Kier molecular flexibility index (Phi) is 4.79. The van der Waals surface area contributed by atoms with E-state index in [-0.39, 0.29) is 10.5 Å². The highest BCUT2D eigenvalue weighted by Crippen LogP contribution is 2.16. The summed E-state index contributed by atoms with van der Waals surface area (Å²) in [4.78, 5) is 12.1. The Bertz CT molecular complexity index is 741. The number of carbonyl (C=O) groups is 1. The molecule has 0 fully saturated rings. The second-order valence-corrected chi connectivity index (χ2v) is 5.90. The summed E-state index contributed by atoms with van der Waals surface area (Å²) in [5, 5.41) is 0.685. The molecule has 2 aromatic rings. The highest BCUT2D eigenvalue weighted by Gasteiger charge is 2.22. The molecule has 1 amide bonds. The van der Waals surface area contributed by atoms with Gasteiger partial charge in [-0.3, -0.25) is 4.79 Å². The summed E-state index contributed by atoms with van der Waals surface area (Å²) in [5.41, 5.74) is 0.284. The molecule has 0 N–H and O–H groups in total. The summed E-state index contributed by atoms with van der Waals surface area (Å²) in [6.45, 7) is 0. The molecule has 0 spiro atoms. The minimum Gasteiger partial charge on any atom is -0.497 e. The van der Waals surface area contributed by atoms with Gasteiger partial charge < -0.3 is 4.74 Å². The molecule has 0 saturated heterocycles. The topological polar surface area (TPSA) is 72.9 Å². The minimum absolute atomic E-state index is 0.0237. The number of hydrogen-bond donors (Lipinski definition) is 0. The molecule has 0 unspecified atom stereocenters. The van der Waals surface area contributed by atoms with Gasteiger partial charge in [0.25, 0.3) is 5.91 Å². The molecule has 22 heavy (non-hydrogen) atoms. The molecule has 0 aliphatic rings. The van der Waals surface area contributed by atoms with Crippen molar-refractivity contribution in [3.8, 4) is 5.75 Å². The molecular formula is C15H15NO5S. The van der Waals surface area contributed by atoms with E-state index in [0.29, 0.717) is 10.8 Å². The zero-order valence-electron chi connectivity index (χ0n) is 12.1. The highest BCUT2D eigenvalue weighted by molar-refractivity contribution is 7.86. The van der Waals surface area contributed by atoms with Crippen LogP contribution in [0.15, 0.2) is 59.5 Å².